The van der Waals surface area contributed by atoms with Gasteiger partial charge >= 0.3 is 0 Å². The molecular formula is C16H16BrN3O3. The quantitative estimate of drug-likeness (QED) is 0.861. The second kappa shape index (κ2) is 5.78. The lowest BCUT2D eigenvalue weighted by Crippen LogP contribution is -2.39. The normalized spacial score (nSPS) is 20.9. The standard InChI is InChI=1S/C16H16BrN3O3/c17-14-12-7-11(8-18)23-13(12)9-19-15(14)20-10-1-3-16(4-2-10)21-5-6-22-16/h7,9-10H,1-6H2,(H,19,20). The summed E-state index contributed by atoms with van der Waals surface area (Å²) >= 11 is 3.57. The third-order valence-electron chi connectivity index (χ3n) is 4.53. The molecule has 0 radical (unpaired) electrons. The Morgan fingerprint density at radius 2 is 2.04 bits per heavy atom. The van der Waals surface area contributed by atoms with Gasteiger partial charge < -0.3 is 19.2 Å². The average molecular weight is 378 g/mol. The van der Waals surface area contributed by atoms with Crippen LogP contribution in [-0.2, 0) is 9.47 Å². The summed E-state index contributed by atoms with van der Waals surface area (Å²) in [6.07, 6.45) is 5.39. The summed E-state index contributed by atoms with van der Waals surface area (Å²) in [5, 5.41) is 13.3. The monoisotopic (exact) mass is 377 g/mol. The third-order valence-corrected chi connectivity index (χ3v) is 5.33. The number of nitrogens with zero attached hydrogens (tertiary/aromatic N) is 2. The maximum Gasteiger partial charge on any atom is 0.204 e. The van der Waals surface area contributed by atoms with Crippen LogP contribution in [0.5, 0.6) is 0 Å². The van der Waals surface area contributed by atoms with Gasteiger partial charge in [0, 0.05) is 30.3 Å². The van der Waals surface area contributed by atoms with Gasteiger partial charge in [0.2, 0.25) is 5.76 Å². The van der Waals surface area contributed by atoms with Gasteiger partial charge in [0.05, 0.1) is 23.9 Å². The number of anilines is 1. The number of nitriles is 1. The molecule has 6 nitrogen and oxygen atoms in total. The summed E-state index contributed by atoms with van der Waals surface area (Å²) in [7, 11) is 0. The van der Waals surface area contributed by atoms with E-state index in [0.29, 0.717) is 24.8 Å². The van der Waals surface area contributed by atoms with Crippen molar-refractivity contribution in [1.82, 2.24) is 4.98 Å². The molecule has 2 aromatic rings. The number of ether oxygens (including phenoxy) is 2. The minimum absolute atomic E-state index is 0.287. The number of rotatable bonds is 2. The summed E-state index contributed by atoms with van der Waals surface area (Å²) in [5.74, 6) is 0.714. The Balaban J connectivity index is 1.50. The van der Waals surface area contributed by atoms with E-state index < -0.39 is 0 Å². The molecule has 0 atom stereocenters. The van der Waals surface area contributed by atoms with E-state index in [1.54, 1.807) is 12.3 Å². The van der Waals surface area contributed by atoms with Gasteiger partial charge in [-0.15, -0.1) is 0 Å². The SMILES string of the molecule is N#Cc1cc2c(Br)c(NC3CCC4(CC3)OCCO4)ncc2o1. The Labute approximate surface area is 141 Å². The first-order valence-electron chi connectivity index (χ1n) is 7.72. The summed E-state index contributed by atoms with van der Waals surface area (Å²) in [6.45, 7) is 1.40. The number of pyridine rings is 1. The number of nitrogens with one attached hydrogen (secondary N) is 1. The molecule has 120 valence electrons. The Kier molecular flexibility index (Phi) is 3.76. The van der Waals surface area contributed by atoms with Gasteiger partial charge in [0.25, 0.3) is 0 Å². The third kappa shape index (κ3) is 2.71. The van der Waals surface area contributed by atoms with Gasteiger partial charge in [0.15, 0.2) is 11.4 Å². The largest absolute Gasteiger partial charge is 0.444 e. The zero-order valence-electron chi connectivity index (χ0n) is 12.5. The van der Waals surface area contributed by atoms with E-state index in [1.807, 2.05) is 6.07 Å². The number of halogens is 1. The maximum atomic E-state index is 8.94. The van der Waals surface area contributed by atoms with Crippen LogP contribution in [0.15, 0.2) is 21.2 Å². The molecule has 0 amide bonds. The van der Waals surface area contributed by atoms with Gasteiger partial charge in [0.1, 0.15) is 11.9 Å². The molecule has 2 aromatic heterocycles. The number of hydrogen-bond donors (Lipinski definition) is 1. The number of furan rings is 1. The highest BCUT2D eigenvalue weighted by Gasteiger charge is 2.40. The molecule has 7 heteroatoms. The van der Waals surface area contributed by atoms with Crippen LogP contribution in [0.3, 0.4) is 0 Å². The van der Waals surface area contributed by atoms with Crippen molar-refractivity contribution < 1.29 is 13.9 Å². The molecule has 0 unspecified atom stereocenters. The second-order valence-corrected chi connectivity index (χ2v) is 6.74. The van der Waals surface area contributed by atoms with Crippen molar-refractivity contribution in [3.8, 4) is 6.07 Å². The van der Waals surface area contributed by atoms with Gasteiger partial charge in [-0.05, 0) is 28.8 Å². The Morgan fingerprint density at radius 3 is 2.74 bits per heavy atom. The highest BCUT2D eigenvalue weighted by atomic mass is 79.9. The first kappa shape index (κ1) is 14.9. The van der Waals surface area contributed by atoms with Crippen LogP contribution in [0, 0.1) is 11.3 Å². The topological polar surface area (TPSA) is 80.3 Å². The molecule has 4 rings (SSSR count). The molecule has 23 heavy (non-hydrogen) atoms. The van der Waals surface area contributed by atoms with Crippen LogP contribution in [0.1, 0.15) is 31.4 Å². The Morgan fingerprint density at radius 1 is 1.30 bits per heavy atom. The summed E-state index contributed by atoms with van der Waals surface area (Å²) in [5.41, 5.74) is 0.606. The predicted octanol–water partition coefficient (Wildman–Crippen LogP) is 3.56. The highest BCUT2D eigenvalue weighted by molar-refractivity contribution is 9.10. The summed E-state index contributed by atoms with van der Waals surface area (Å²) in [6, 6.07) is 4.06. The number of fused-ring (bicyclic) bond motifs is 1. The Hall–Kier alpha value is -1.62. The van der Waals surface area contributed by atoms with Crippen LogP contribution >= 0.6 is 15.9 Å². The van der Waals surface area contributed by atoms with Crippen LogP contribution in [0.25, 0.3) is 11.0 Å². The van der Waals surface area contributed by atoms with Gasteiger partial charge in [-0.3, -0.25) is 0 Å². The lowest BCUT2D eigenvalue weighted by atomic mass is 9.90. The minimum Gasteiger partial charge on any atom is -0.444 e. The summed E-state index contributed by atoms with van der Waals surface area (Å²) < 4.78 is 17.7. The number of hydrogen-bond acceptors (Lipinski definition) is 6. The molecule has 1 spiro atoms. The van der Waals surface area contributed by atoms with Crippen molar-refractivity contribution in [2.45, 2.75) is 37.5 Å². The number of aromatic nitrogens is 1. The highest BCUT2D eigenvalue weighted by Crippen LogP contribution is 2.38. The molecular weight excluding hydrogens is 362 g/mol. The van der Waals surface area contributed by atoms with E-state index in [2.05, 4.69) is 26.2 Å². The zero-order valence-corrected chi connectivity index (χ0v) is 14.1. The van der Waals surface area contributed by atoms with Crippen LogP contribution in [-0.4, -0.2) is 30.0 Å². The summed E-state index contributed by atoms with van der Waals surface area (Å²) in [4.78, 5) is 4.41. The molecule has 1 saturated carbocycles. The fraction of sp³-hybridized carbons (Fsp3) is 0.500. The van der Waals surface area contributed by atoms with E-state index in [1.165, 1.54) is 0 Å². The van der Waals surface area contributed by atoms with Crippen LogP contribution in [0.4, 0.5) is 5.82 Å². The lowest BCUT2D eigenvalue weighted by molar-refractivity contribution is -0.177. The fourth-order valence-electron chi connectivity index (χ4n) is 3.32. The van der Waals surface area contributed by atoms with Crippen molar-refractivity contribution in [3.05, 3.63) is 22.5 Å². The molecule has 1 N–H and O–H groups in total. The second-order valence-electron chi connectivity index (χ2n) is 5.95. The zero-order chi connectivity index (χ0) is 15.9. The van der Waals surface area contributed by atoms with Gasteiger partial charge in [-0.1, -0.05) is 0 Å². The first-order valence-corrected chi connectivity index (χ1v) is 8.51. The molecule has 0 aromatic carbocycles. The van der Waals surface area contributed by atoms with Crippen LogP contribution < -0.4 is 5.32 Å². The molecule has 1 saturated heterocycles. The predicted molar refractivity (Wildman–Crippen MR) is 86.9 cm³/mol. The molecule has 0 bridgehead atoms. The van der Waals surface area contributed by atoms with E-state index in [9.17, 15) is 0 Å². The molecule has 1 aliphatic carbocycles. The average Bonchev–Trinajstić information content (AvgIpc) is 3.20. The van der Waals surface area contributed by atoms with Crippen molar-refractivity contribution in [1.29, 1.82) is 5.26 Å². The fourth-order valence-corrected chi connectivity index (χ4v) is 3.84. The smallest absolute Gasteiger partial charge is 0.204 e. The minimum atomic E-state index is -0.348. The van der Waals surface area contributed by atoms with E-state index >= 15 is 0 Å². The van der Waals surface area contributed by atoms with Crippen molar-refractivity contribution in [3.63, 3.8) is 0 Å². The van der Waals surface area contributed by atoms with Crippen molar-refractivity contribution in [2.24, 2.45) is 0 Å². The van der Waals surface area contributed by atoms with Crippen molar-refractivity contribution in [2.75, 3.05) is 18.5 Å². The molecule has 3 heterocycles. The molecule has 2 fully saturated rings. The van der Waals surface area contributed by atoms with Gasteiger partial charge in [-0.25, -0.2) is 4.98 Å². The lowest BCUT2D eigenvalue weighted by Gasteiger charge is -2.35. The van der Waals surface area contributed by atoms with Crippen LogP contribution in [0.2, 0.25) is 0 Å². The van der Waals surface area contributed by atoms with Crippen molar-refractivity contribution >= 4 is 32.7 Å². The molecule has 1 aliphatic heterocycles. The Bertz CT molecular complexity index is 767. The first-order chi connectivity index (χ1) is 11.2. The van der Waals surface area contributed by atoms with E-state index in [4.69, 9.17) is 19.2 Å². The maximum absolute atomic E-state index is 8.94. The van der Waals surface area contributed by atoms with E-state index in [-0.39, 0.29) is 11.5 Å². The van der Waals surface area contributed by atoms with E-state index in [0.717, 1.165) is 41.4 Å². The molecule has 2 aliphatic rings. The van der Waals surface area contributed by atoms with Gasteiger partial charge in [-0.2, -0.15) is 5.26 Å².